The summed E-state index contributed by atoms with van der Waals surface area (Å²) in [5.41, 5.74) is 0. The van der Waals surface area contributed by atoms with E-state index in [2.05, 4.69) is 0 Å². The van der Waals surface area contributed by atoms with E-state index in [9.17, 15) is 8.42 Å². The largest absolute Gasteiger partial charge is 0.308 e. The van der Waals surface area contributed by atoms with Gasteiger partial charge in [-0.25, -0.2) is 15.7 Å². The van der Waals surface area contributed by atoms with Gasteiger partial charge in [-0.2, -0.15) is 16.8 Å². The van der Waals surface area contributed by atoms with E-state index in [1.807, 2.05) is 36.4 Å². The molecule has 62 heavy (non-hydrogen) atoms. The van der Waals surface area contributed by atoms with E-state index in [-0.39, 0.29) is 19.6 Å². The summed E-state index contributed by atoms with van der Waals surface area (Å²) < 4.78 is 103. The zero-order valence-corrected chi connectivity index (χ0v) is 37.4. The summed E-state index contributed by atoms with van der Waals surface area (Å²) in [4.78, 5) is 1.67. The Bertz CT molecular complexity index is 2830. The minimum atomic E-state index is -4.87. The van der Waals surface area contributed by atoms with E-state index in [0.29, 0.717) is 29.4 Å². The van der Waals surface area contributed by atoms with Crippen molar-refractivity contribution < 1.29 is 32.5 Å². The molecule has 0 saturated heterocycles. The molecule has 9 rings (SSSR count). The fourth-order valence-electron chi connectivity index (χ4n) is 7.30. The first-order valence-corrected chi connectivity index (χ1v) is 27.3. The highest BCUT2D eigenvalue weighted by Gasteiger charge is 2.44. The molecule has 8 aromatic carbocycles. The molecule has 0 spiro atoms. The van der Waals surface area contributed by atoms with E-state index < -0.39 is 60.5 Å². The molecule has 312 valence electrons. The highest BCUT2D eigenvalue weighted by molar-refractivity contribution is 8.33. The average Bonchev–Trinajstić information content (AvgIpc) is 3.31. The molecule has 1 aliphatic rings. The molecule has 0 saturated carbocycles. The predicted molar refractivity (Wildman–Crippen MR) is 242 cm³/mol. The maximum absolute atomic E-state index is 15.2. The van der Waals surface area contributed by atoms with Crippen molar-refractivity contribution in [3.05, 3.63) is 218 Å². The van der Waals surface area contributed by atoms with Gasteiger partial charge < -0.3 is 0 Å². The zero-order valence-electron chi connectivity index (χ0n) is 32.5. The Hall–Kier alpha value is -5.42. The number of hydrogen-bond donors (Lipinski definition) is 0. The van der Waals surface area contributed by atoms with Gasteiger partial charge in [-0.3, -0.25) is 0 Å². The number of sulfone groups is 1. The van der Waals surface area contributed by atoms with Gasteiger partial charge in [0.1, 0.15) is 9.79 Å². The zero-order chi connectivity index (χ0) is 43.0. The van der Waals surface area contributed by atoms with Gasteiger partial charge in [-0.05, 0) is 118 Å². The van der Waals surface area contributed by atoms with Crippen LogP contribution in [0.4, 0.5) is 0 Å². The second kappa shape index (κ2) is 16.7. The van der Waals surface area contributed by atoms with Crippen LogP contribution >= 0.6 is 32.4 Å². The summed E-state index contributed by atoms with van der Waals surface area (Å²) in [7, 11) is -20.3. The Morgan fingerprint density at radius 2 is 0.565 bits per heavy atom. The van der Waals surface area contributed by atoms with E-state index in [1.165, 1.54) is 36.4 Å². The lowest BCUT2D eigenvalue weighted by Crippen LogP contribution is -2.19. The molecule has 0 bridgehead atoms. The van der Waals surface area contributed by atoms with E-state index in [1.54, 1.807) is 146 Å². The molecule has 0 aromatic heterocycles. The van der Waals surface area contributed by atoms with Crippen LogP contribution in [0.3, 0.4) is 0 Å². The summed E-state index contributed by atoms with van der Waals surface area (Å²) in [5.74, 6) is 0. The smallest absolute Gasteiger partial charge is 0.218 e. The molecule has 0 N–H and O–H groups in total. The van der Waals surface area contributed by atoms with Crippen molar-refractivity contribution in [3.63, 3.8) is 0 Å². The minimum Gasteiger partial charge on any atom is -0.218 e. The third kappa shape index (κ3) is 7.29. The Morgan fingerprint density at radius 1 is 0.323 bits per heavy atom. The first-order chi connectivity index (χ1) is 30.0. The SMILES string of the molecule is O=S(=O)(OS(c1ccccc1)(c1ccccc1)c1ccccc1)c1cccc2c1Sc1c(S(=O)(=O)OS(c3ccccc3)(c3ccccc3)c3ccccc3)cccc1S2(=O)=O. The number of hydrogen-bond acceptors (Lipinski definition) is 9. The van der Waals surface area contributed by atoms with Crippen LogP contribution < -0.4 is 0 Å². The molecular formula is C48H36O8S6. The van der Waals surface area contributed by atoms with Crippen LogP contribution in [0.5, 0.6) is 0 Å². The van der Waals surface area contributed by atoms with Crippen LogP contribution in [0.15, 0.2) is 277 Å². The molecule has 14 heteroatoms. The van der Waals surface area contributed by atoms with E-state index in [0.717, 1.165) is 11.8 Å². The first kappa shape index (κ1) is 41.9. The number of benzene rings is 8. The van der Waals surface area contributed by atoms with Crippen molar-refractivity contribution in [2.75, 3.05) is 0 Å². The van der Waals surface area contributed by atoms with Crippen LogP contribution in [-0.4, -0.2) is 25.3 Å². The quantitative estimate of drug-likeness (QED) is 0.118. The summed E-state index contributed by atoms with van der Waals surface area (Å²) in [6, 6.07) is 62.2. The molecule has 8 nitrogen and oxygen atoms in total. The fourth-order valence-corrected chi connectivity index (χ4v) is 22.2. The molecule has 0 unspecified atom stereocenters. The number of fused-ring (bicyclic) bond motifs is 2. The van der Waals surface area contributed by atoms with Gasteiger partial charge in [-0.1, -0.05) is 133 Å². The first-order valence-electron chi connectivity index (χ1n) is 19.1. The van der Waals surface area contributed by atoms with Crippen molar-refractivity contribution in [2.24, 2.45) is 0 Å². The highest BCUT2D eigenvalue weighted by atomic mass is 32.3. The Labute approximate surface area is 369 Å². The van der Waals surface area contributed by atoms with Crippen molar-refractivity contribution in [1.29, 1.82) is 0 Å². The molecule has 0 aliphatic carbocycles. The minimum absolute atomic E-state index is 0.196. The van der Waals surface area contributed by atoms with Gasteiger partial charge in [0.05, 0.1) is 19.6 Å². The summed E-state index contributed by atoms with van der Waals surface area (Å²) in [5, 5.41) is 0. The average molecular weight is 933 g/mol. The standard InChI is InChI=1S/C48H36O8S6/c49-60(50)43-33-19-35-45(61(51,52)55-58(37-21-7-1-8-22-37,38-23-9-2-10-24-38)39-25-11-3-12-26-39)47(43)57-48-44(60)34-20-36-46(48)62(53,54)56-59(40-27-13-4-14-28-40,41-29-15-5-16-30-41)42-31-17-6-18-32-42/h1-36H. The van der Waals surface area contributed by atoms with Crippen LogP contribution in [0.1, 0.15) is 0 Å². The summed E-state index contributed by atoms with van der Waals surface area (Å²) in [6.07, 6.45) is 0. The molecule has 0 fully saturated rings. The maximum atomic E-state index is 15.2. The lowest BCUT2D eigenvalue weighted by atomic mass is 10.3. The van der Waals surface area contributed by atoms with Crippen molar-refractivity contribution in [2.45, 2.75) is 58.7 Å². The second-order valence-electron chi connectivity index (χ2n) is 13.8. The van der Waals surface area contributed by atoms with Gasteiger partial charge in [0, 0.05) is 29.4 Å². The van der Waals surface area contributed by atoms with Gasteiger partial charge in [0.25, 0.3) is 0 Å². The Balaban J connectivity index is 1.21. The molecule has 0 atom stereocenters. The fraction of sp³-hybridized carbons (Fsp3) is 0. The summed E-state index contributed by atoms with van der Waals surface area (Å²) in [6.45, 7) is 0. The van der Waals surface area contributed by atoms with Gasteiger partial charge >= 0.3 is 20.2 Å². The molecule has 1 heterocycles. The van der Waals surface area contributed by atoms with Crippen molar-refractivity contribution in [1.82, 2.24) is 0 Å². The van der Waals surface area contributed by atoms with Crippen LogP contribution in [0.2, 0.25) is 0 Å². The lowest BCUT2D eigenvalue weighted by molar-refractivity contribution is 0.504. The third-order valence-electron chi connectivity index (χ3n) is 10.0. The van der Waals surface area contributed by atoms with Crippen molar-refractivity contribution >= 4 is 62.5 Å². The lowest BCUT2D eigenvalue weighted by Gasteiger charge is -2.39. The second-order valence-corrected chi connectivity index (χ2v) is 25.6. The monoisotopic (exact) mass is 932 g/mol. The van der Waals surface area contributed by atoms with Crippen LogP contribution in [0.25, 0.3) is 0 Å². The predicted octanol–water partition coefficient (Wildman–Crippen LogP) is 12.2. The Morgan fingerprint density at radius 3 is 0.806 bits per heavy atom. The van der Waals surface area contributed by atoms with E-state index in [4.69, 9.17) is 7.26 Å². The molecule has 1 aliphatic heterocycles. The number of rotatable bonds is 12. The van der Waals surface area contributed by atoms with Gasteiger partial charge in [-0.15, -0.1) is 0 Å². The molecule has 8 aromatic rings. The topological polar surface area (TPSA) is 121 Å². The molecule has 0 amide bonds. The highest BCUT2D eigenvalue weighted by Crippen LogP contribution is 2.72. The normalized spacial score (nSPS) is 14.3. The van der Waals surface area contributed by atoms with Gasteiger partial charge in [0.15, 0.2) is 0 Å². The summed E-state index contributed by atoms with van der Waals surface area (Å²) >= 11 is 0.740. The maximum Gasteiger partial charge on any atom is 0.308 e. The van der Waals surface area contributed by atoms with Gasteiger partial charge in [0.2, 0.25) is 9.84 Å². The Kier molecular flexibility index (Phi) is 11.3. The van der Waals surface area contributed by atoms with Crippen LogP contribution in [0, 0.1) is 0 Å². The van der Waals surface area contributed by atoms with Crippen LogP contribution in [-0.2, 0) is 37.3 Å². The molecular weight excluding hydrogens is 897 g/mol. The third-order valence-corrected chi connectivity index (χ3v) is 24.1. The van der Waals surface area contributed by atoms with Crippen molar-refractivity contribution in [3.8, 4) is 0 Å². The molecule has 0 radical (unpaired) electrons. The van der Waals surface area contributed by atoms with E-state index >= 15 is 16.8 Å².